The van der Waals surface area contributed by atoms with Crippen molar-refractivity contribution in [1.82, 2.24) is 14.9 Å². The van der Waals surface area contributed by atoms with Gasteiger partial charge in [-0.15, -0.1) is 0 Å². The van der Waals surface area contributed by atoms with Crippen molar-refractivity contribution in [1.29, 1.82) is 0 Å². The van der Waals surface area contributed by atoms with Gasteiger partial charge in [-0.2, -0.15) is 0 Å². The Morgan fingerprint density at radius 3 is 2.68 bits per heavy atom. The van der Waals surface area contributed by atoms with Crippen molar-refractivity contribution in [2.45, 2.75) is 52.4 Å². The van der Waals surface area contributed by atoms with Crippen LogP contribution in [0.25, 0.3) is 0 Å². The van der Waals surface area contributed by atoms with E-state index in [9.17, 15) is 4.79 Å². The summed E-state index contributed by atoms with van der Waals surface area (Å²) in [6.45, 7) is 11.3. The number of thioether (sulfide) groups is 1. The Morgan fingerprint density at radius 1 is 1.32 bits per heavy atom. The number of benzene rings is 1. The molecule has 2 aromatic rings. The molecule has 0 radical (unpaired) electrons. The molecule has 0 spiro atoms. The maximum absolute atomic E-state index is 12.3. The molecule has 0 bridgehead atoms. The van der Waals surface area contributed by atoms with Crippen LogP contribution in [0.5, 0.6) is 0 Å². The second-order valence-corrected chi connectivity index (χ2v) is 8.08. The highest BCUT2D eigenvalue weighted by Gasteiger charge is 2.15. The van der Waals surface area contributed by atoms with Gasteiger partial charge in [0.25, 0.3) is 0 Å². The molecule has 1 aromatic carbocycles. The first-order valence-electron chi connectivity index (χ1n) is 8.49. The Kier molecular flexibility index (Phi) is 6.96. The Bertz CT molecular complexity index is 742. The fourth-order valence-corrected chi connectivity index (χ4v) is 3.70. The minimum absolute atomic E-state index is 0.00752. The van der Waals surface area contributed by atoms with Crippen LogP contribution in [-0.4, -0.2) is 21.2 Å². The smallest absolute Gasteiger partial charge is 0.230 e. The summed E-state index contributed by atoms with van der Waals surface area (Å²) in [5, 5.41) is 4.61. The molecule has 136 valence electrons. The van der Waals surface area contributed by atoms with Gasteiger partial charge in [0.05, 0.1) is 17.5 Å². The predicted octanol–water partition coefficient (Wildman–Crippen LogP) is 4.78. The van der Waals surface area contributed by atoms with Gasteiger partial charge in [0.15, 0.2) is 5.16 Å². The van der Waals surface area contributed by atoms with Crippen LogP contribution >= 0.6 is 23.4 Å². The number of rotatable bonds is 7. The third kappa shape index (κ3) is 5.51. The van der Waals surface area contributed by atoms with Gasteiger partial charge in [-0.1, -0.05) is 49.3 Å². The van der Waals surface area contributed by atoms with E-state index in [1.165, 1.54) is 17.5 Å². The van der Waals surface area contributed by atoms with Crippen molar-refractivity contribution < 1.29 is 4.79 Å². The number of nitrogens with one attached hydrogen (secondary N) is 1. The largest absolute Gasteiger partial charge is 0.349 e. The van der Waals surface area contributed by atoms with Gasteiger partial charge in [-0.05, 0) is 44.4 Å². The number of aromatic nitrogens is 2. The molecule has 6 heteroatoms. The van der Waals surface area contributed by atoms with Crippen molar-refractivity contribution in [3.63, 3.8) is 0 Å². The van der Waals surface area contributed by atoms with Crippen molar-refractivity contribution in [2.75, 3.05) is 5.75 Å². The molecule has 1 atom stereocenters. The van der Waals surface area contributed by atoms with Crippen LogP contribution in [0.1, 0.15) is 43.8 Å². The van der Waals surface area contributed by atoms with Crippen molar-refractivity contribution in [3.05, 3.63) is 46.2 Å². The second-order valence-electron chi connectivity index (χ2n) is 6.70. The van der Waals surface area contributed by atoms with E-state index in [0.717, 1.165) is 23.0 Å². The lowest BCUT2D eigenvalue weighted by molar-refractivity contribution is -0.119. The second kappa shape index (κ2) is 8.77. The summed E-state index contributed by atoms with van der Waals surface area (Å²) in [6.07, 6.45) is 0. The molecule has 1 heterocycles. The number of imidazole rings is 1. The zero-order chi connectivity index (χ0) is 18.6. The minimum Gasteiger partial charge on any atom is -0.349 e. The van der Waals surface area contributed by atoms with Crippen molar-refractivity contribution in [3.8, 4) is 0 Å². The quantitative estimate of drug-likeness (QED) is 0.704. The summed E-state index contributed by atoms with van der Waals surface area (Å²) in [4.78, 5) is 16.9. The highest BCUT2D eigenvalue weighted by atomic mass is 35.5. The number of carbonyl (C=O) groups excluding carboxylic acids is 1. The number of amides is 1. The van der Waals surface area contributed by atoms with E-state index in [2.05, 4.69) is 35.6 Å². The first-order chi connectivity index (χ1) is 11.8. The summed E-state index contributed by atoms with van der Waals surface area (Å²) in [6, 6.07) is 7.48. The average molecular weight is 380 g/mol. The molecule has 4 nitrogen and oxygen atoms in total. The molecule has 25 heavy (non-hydrogen) atoms. The van der Waals surface area contributed by atoms with E-state index in [0.29, 0.717) is 16.7 Å². The minimum atomic E-state index is -0.0781. The highest BCUT2D eigenvalue weighted by molar-refractivity contribution is 7.99. The Labute approximate surface area is 159 Å². The van der Waals surface area contributed by atoms with E-state index >= 15 is 0 Å². The molecular weight excluding hydrogens is 354 g/mol. The lowest BCUT2D eigenvalue weighted by Gasteiger charge is -2.15. The fraction of sp³-hybridized carbons (Fsp3) is 0.474. The van der Waals surface area contributed by atoms with Crippen LogP contribution in [0.2, 0.25) is 5.02 Å². The summed E-state index contributed by atoms with van der Waals surface area (Å²) in [5.74, 6) is 0.869. The molecule has 0 unspecified atom stereocenters. The highest BCUT2D eigenvalue weighted by Crippen LogP contribution is 2.23. The maximum Gasteiger partial charge on any atom is 0.230 e. The van der Waals surface area contributed by atoms with Gasteiger partial charge in [-0.3, -0.25) is 4.79 Å². The van der Waals surface area contributed by atoms with E-state index in [1.54, 1.807) is 0 Å². The number of nitrogens with zero attached hydrogens (tertiary/aromatic N) is 2. The van der Waals surface area contributed by atoms with Gasteiger partial charge in [-0.25, -0.2) is 4.98 Å². The van der Waals surface area contributed by atoms with Gasteiger partial charge < -0.3 is 9.88 Å². The van der Waals surface area contributed by atoms with E-state index < -0.39 is 0 Å². The maximum atomic E-state index is 12.3. The topological polar surface area (TPSA) is 46.9 Å². The molecule has 0 aliphatic carbocycles. The van der Waals surface area contributed by atoms with Crippen LogP contribution in [0.15, 0.2) is 29.4 Å². The molecule has 1 aromatic heterocycles. The number of hydrogen-bond acceptors (Lipinski definition) is 3. The number of hydrogen-bond donors (Lipinski definition) is 1. The zero-order valence-electron chi connectivity index (χ0n) is 15.5. The van der Waals surface area contributed by atoms with Gasteiger partial charge in [0.1, 0.15) is 0 Å². The van der Waals surface area contributed by atoms with Gasteiger partial charge in [0.2, 0.25) is 5.91 Å². The van der Waals surface area contributed by atoms with Crippen molar-refractivity contribution >= 4 is 29.3 Å². The monoisotopic (exact) mass is 379 g/mol. The molecule has 0 saturated carbocycles. The van der Waals surface area contributed by atoms with Crippen LogP contribution in [0, 0.1) is 19.8 Å². The summed E-state index contributed by atoms with van der Waals surface area (Å²) in [5.41, 5.74) is 3.19. The standard InChI is InChI=1S/C19H26ClN3OS/c1-12(2)10-23-15(5)13(3)22-19(23)25-11-18(24)21-14(4)16-7-6-8-17(20)9-16/h6-9,12,14H,10-11H2,1-5H3,(H,21,24)/t14-/m0/s1. The van der Waals surface area contributed by atoms with Crippen LogP contribution in [0.4, 0.5) is 0 Å². The third-order valence-electron chi connectivity index (χ3n) is 4.03. The molecule has 0 saturated heterocycles. The Hall–Kier alpha value is -1.46. The zero-order valence-corrected chi connectivity index (χ0v) is 17.0. The molecule has 1 amide bonds. The number of aryl methyl sites for hydroxylation is 1. The lowest BCUT2D eigenvalue weighted by atomic mass is 10.1. The molecular formula is C19H26ClN3OS. The summed E-state index contributed by atoms with van der Waals surface area (Å²) in [7, 11) is 0. The van der Waals surface area contributed by atoms with Gasteiger partial charge >= 0.3 is 0 Å². The normalized spacial score (nSPS) is 12.4. The van der Waals surface area contributed by atoms with Crippen LogP contribution < -0.4 is 5.32 Å². The van der Waals surface area contributed by atoms with Gasteiger partial charge in [0, 0.05) is 17.3 Å². The summed E-state index contributed by atoms with van der Waals surface area (Å²) < 4.78 is 2.21. The molecule has 2 rings (SSSR count). The molecule has 1 N–H and O–H groups in total. The molecule has 0 aliphatic rings. The molecule has 0 fully saturated rings. The Balaban J connectivity index is 1.97. The van der Waals surface area contributed by atoms with E-state index in [4.69, 9.17) is 11.6 Å². The number of carbonyl (C=O) groups is 1. The predicted molar refractivity (Wildman–Crippen MR) is 105 cm³/mol. The van der Waals surface area contributed by atoms with Crippen molar-refractivity contribution in [2.24, 2.45) is 5.92 Å². The summed E-state index contributed by atoms with van der Waals surface area (Å²) >= 11 is 7.50. The SMILES string of the molecule is Cc1nc(SCC(=O)N[C@@H](C)c2cccc(Cl)c2)n(CC(C)C)c1C. The third-order valence-corrected chi connectivity index (χ3v) is 5.24. The first kappa shape index (κ1) is 19.9. The van der Waals surface area contributed by atoms with Crippen LogP contribution in [0.3, 0.4) is 0 Å². The first-order valence-corrected chi connectivity index (χ1v) is 9.85. The fourth-order valence-electron chi connectivity index (χ4n) is 2.59. The van der Waals surface area contributed by atoms with E-state index in [1.807, 2.05) is 38.1 Å². The lowest BCUT2D eigenvalue weighted by Crippen LogP contribution is -2.28. The number of halogens is 1. The van der Waals surface area contributed by atoms with E-state index in [-0.39, 0.29) is 11.9 Å². The molecule has 0 aliphatic heterocycles. The average Bonchev–Trinajstić information content (AvgIpc) is 2.80. The van der Waals surface area contributed by atoms with Crippen LogP contribution in [-0.2, 0) is 11.3 Å². The Morgan fingerprint density at radius 2 is 2.04 bits per heavy atom.